The van der Waals surface area contributed by atoms with Crippen LogP contribution in [-0.4, -0.2) is 45.2 Å². The van der Waals surface area contributed by atoms with Crippen molar-refractivity contribution in [3.8, 4) is 11.8 Å². The third-order valence-electron chi connectivity index (χ3n) is 3.63. The van der Waals surface area contributed by atoms with Crippen LogP contribution in [0.5, 0.6) is 0 Å². The maximum atomic E-state index is 12.1. The molecule has 0 atom stereocenters. The van der Waals surface area contributed by atoms with Gasteiger partial charge in [-0.15, -0.1) is 0 Å². The number of nitrogens with zero attached hydrogens (tertiary/aromatic N) is 1. The van der Waals surface area contributed by atoms with E-state index in [9.17, 15) is 18.0 Å². The Kier molecular flexibility index (Phi) is 6.34. The van der Waals surface area contributed by atoms with E-state index >= 15 is 0 Å². The zero-order valence-corrected chi connectivity index (χ0v) is 15.7. The highest BCUT2D eigenvalue weighted by molar-refractivity contribution is 7.89. The molecule has 2 rings (SSSR count). The molecule has 140 valence electrons. The SMILES string of the molecule is CN(C)S(=O)(=O)c1ccc(C(=O)NCC#Cc2ccc(C(N)=O)cc2)cc1. The average Bonchev–Trinajstić information content (AvgIpc) is 2.65. The maximum absolute atomic E-state index is 12.1. The predicted molar refractivity (Wildman–Crippen MR) is 101 cm³/mol. The Morgan fingerprint density at radius 1 is 1.00 bits per heavy atom. The number of hydrogen-bond donors (Lipinski definition) is 2. The number of nitrogens with one attached hydrogen (secondary N) is 1. The number of sulfonamides is 1. The van der Waals surface area contributed by atoms with Gasteiger partial charge in [0, 0.05) is 30.8 Å². The molecule has 0 heterocycles. The second-order valence-corrected chi connectivity index (χ2v) is 7.89. The summed E-state index contributed by atoms with van der Waals surface area (Å²) in [5.41, 5.74) is 6.58. The molecule has 0 radical (unpaired) electrons. The zero-order valence-electron chi connectivity index (χ0n) is 14.9. The van der Waals surface area contributed by atoms with Crippen LogP contribution >= 0.6 is 0 Å². The molecule has 0 fully saturated rings. The van der Waals surface area contributed by atoms with E-state index < -0.39 is 15.9 Å². The average molecular weight is 385 g/mol. The van der Waals surface area contributed by atoms with E-state index in [0.717, 1.165) is 4.31 Å². The fourth-order valence-electron chi connectivity index (χ4n) is 2.08. The molecule has 3 N–H and O–H groups in total. The van der Waals surface area contributed by atoms with Gasteiger partial charge in [-0.3, -0.25) is 9.59 Å². The summed E-state index contributed by atoms with van der Waals surface area (Å²) in [7, 11) is -0.648. The second kappa shape index (κ2) is 8.49. The number of amides is 2. The molecule has 0 aliphatic rings. The van der Waals surface area contributed by atoms with Gasteiger partial charge in [-0.2, -0.15) is 0 Å². The van der Waals surface area contributed by atoms with Gasteiger partial charge in [0.2, 0.25) is 15.9 Å². The summed E-state index contributed by atoms with van der Waals surface area (Å²) in [6.07, 6.45) is 0. The van der Waals surface area contributed by atoms with Crippen LogP contribution in [0.3, 0.4) is 0 Å². The van der Waals surface area contributed by atoms with Gasteiger partial charge < -0.3 is 11.1 Å². The first-order valence-corrected chi connectivity index (χ1v) is 9.35. The lowest BCUT2D eigenvalue weighted by Gasteiger charge is -2.11. The third-order valence-corrected chi connectivity index (χ3v) is 5.46. The van der Waals surface area contributed by atoms with Crippen LogP contribution < -0.4 is 11.1 Å². The first kappa shape index (κ1) is 20.2. The van der Waals surface area contributed by atoms with Crippen molar-refractivity contribution < 1.29 is 18.0 Å². The van der Waals surface area contributed by atoms with E-state index in [4.69, 9.17) is 5.73 Å². The lowest BCUT2D eigenvalue weighted by molar-refractivity contribution is 0.0957. The Bertz CT molecular complexity index is 1000. The number of primary amides is 1. The standard InChI is InChI=1S/C19H19N3O4S/c1-22(2)27(25,26)17-11-9-16(10-12-17)19(24)21-13-3-4-14-5-7-15(8-6-14)18(20)23/h5-12H,13H2,1-2H3,(H2,20,23)(H,21,24). The summed E-state index contributed by atoms with van der Waals surface area (Å²) in [5.74, 6) is 4.79. The molecule has 0 saturated carbocycles. The van der Waals surface area contributed by atoms with Crippen molar-refractivity contribution in [2.24, 2.45) is 5.73 Å². The van der Waals surface area contributed by atoms with Gasteiger partial charge in [0.05, 0.1) is 11.4 Å². The molecular formula is C19H19N3O4S. The van der Waals surface area contributed by atoms with Crippen LogP contribution in [0.1, 0.15) is 26.3 Å². The summed E-state index contributed by atoms with van der Waals surface area (Å²) in [6, 6.07) is 12.1. The highest BCUT2D eigenvalue weighted by atomic mass is 32.2. The Labute approximate surface area is 158 Å². The molecule has 0 saturated heterocycles. The number of carbonyl (C=O) groups is 2. The molecule has 0 aliphatic carbocycles. The Morgan fingerprint density at radius 3 is 2.07 bits per heavy atom. The van der Waals surface area contributed by atoms with Gasteiger partial charge in [0.25, 0.3) is 5.91 Å². The van der Waals surface area contributed by atoms with Crippen LogP contribution in [0.15, 0.2) is 53.4 Å². The highest BCUT2D eigenvalue weighted by Crippen LogP contribution is 2.13. The van der Waals surface area contributed by atoms with Crippen molar-refractivity contribution in [3.05, 3.63) is 65.2 Å². The van der Waals surface area contributed by atoms with E-state index in [1.165, 1.54) is 38.4 Å². The minimum absolute atomic E-state index is 0.114. The topological polar surface area (TPSA) is 110 Å². The van der Waals surface area contributed by atoms with Gasteiger partial charge in [-0.05, 0) is 48.5 Å². The van der Waals surface area contributed by atoms with E-state index in [0.29, 0.717) is 16.7 Å². The molecule has 2 aromatic rings. The van der Waals surface area contributed by atoms with Crippen LogP contribution in [-0.2, 0) is 10.0 Å². The molecule has 7 nitrogen and oxygen atoms in total. The van der Waals surface area contributed by atoms with Crippen molar-refractivity contribution >= 4 is 21.8 Å². The van der Waals surface area contributed by atoms with Crippen molar-refractivity contribution in [2.75, 3.05) is 20.6 Å². The summed E-state index contributed by atoms with van der Waals surface area (Å²) >= 11 is 0. The second-order valence-electron chi connectivity index (χ2n) is 5.74. The monoisotopic (exact) mass is 385 g/mol. The Balaban J connectivity index is 1.96. The van der Waals surface area contributed by atoms with Crippen LogP contribution in [0.25, 0.3) is 0 Å². The van der Waals surface area contributed by atoms with Gasteiger partial charge in [0.15, 0.2) is 0 Å². The quantitative estimate of drug-likeness (QED) is 0.743. The van der Waals surface area contributed by atoms with Crippen LogP contribution in [0.4, 0.5) is 0 Å². The molecule has 0 aliphatic heterocycles. The van der Waals surface area contributed by atoms with Crippen LogP contribution in [0.2, 0.25) is 0 Å². The predicted octanol–water partition coefficient (Wildman–Crippen LogP) is 0.817. The minimum atomic E-state index is -3.53. The smallest absolute Gasteiger partial charge is 0.252 e. The van der Waals surface area contributed by atoms with Gasteiger partial charge in [0.1, 0.15) is 0 Å². The lowest BCUT2D eigenvalue weighted by atomic mass is 10.1. The van der Waals surface area contributed by atoms with E-state index in [1.54, 1.807) is 24.3 Å². The molecule has 2 aromatic carbocycles. The summed E-state index contributed by atoms with van der Waals surface area (Å²) in [5, 5.41) is 2.63. The number of hydrogen-bond acceptors (Lipinski definition) is 4. The molecule has 2 amide bonds. The Morgan fingerprint density at radius 2 is 1.56 bits per heavy atom. The first-order chi connectivity index (χ1) is 12.7. The summed E-state index contributed by atoms with van der Waals surface area (Å²) in [6.45, 7) is 0.119. The largest absolute Gasteiger partial charge is 0.366 e. The number of nitrogens with two attached hydrogens (primary N) is 1. The first-order valence-electron chi connectivity index (χ1n) is 7.91. The fourth-order valence-corrected chi connectivity index (χ4v) is 2.98. The molecule has 8 heteroatoms. The van der Waals surface area contributed by atoms with Crippen LogP contribution in [0, 0.1) is 11.8 Å². The number of rotatable bonds is 5. The van der Waals surface area contributed by atoms with Crippen molar-refractivity contribution in [1.82, 2.24) is 9.62 Å². The fraction of sp³-hybridized carbons (Fsp3) is 0.158. The van der Waals surface area contributed by atoms with E-state index in [-0.39, 0.29) is 17.3 Å². The molecule has 0 unspecified atom stereocenters. The van der Waals surface area contributed by atoms with Gasteiger partial charge in [-0.1, -0.05) is 11.8 Å². The van der Waals surface area contributed by atoms with Crippen molar-refractivity contribution in [3.63, 3.8) is 0 Å². The Hall–Kier alpha value is -3.15. The summed E-state index contributed by atoms with van der Waals surface area (Å²) < 4.78 is 25.1. The van der Waals surface area contributed by atoms with E-state index in [1.807, 2.05) is 0 Å². The van der Waals surface area contributed by atoms with Crippen molar-refractivity contribution in [1.29, 1.82) is 0 Å². The van der Waals surface area contributed by atoms with Gasteiger partial charge >= 0.3 is 0 Å². The van der Waals surface area contributed by atoms with Crippen molar-refractivity contribution in [2.45, 2.75) is 4.90 Å². The molecule has 0 spiro atoms. The number of benzene rings is 2. The summed E-state index contributed by atoms with van der Waals surface area (Å²) in [4.78, 5) is 23.2. The minimum Gasteiger partial charge on any atom is -0.366 e. The van der Waals surface area contributed by atoms with E-state index in [2.05, 4.69) is 17.2 Å². The normalized spacial score (nSPS) is 10.8. The number of carbonyl (C=O) groups excluding carboxylic acids is 2. The lowest BCUT2D eigenvalue weighted by Crippen LogP contribution is -2.24. The highest BCUT2D eigenvalue weighted by Gasteiger charge is 2.17. The molecule has 0 bridgehead atoms. The maximum Gasteiger partial charge on any atom is 0.252 e. The zero-order chi connectivity index (χ0) is 20.0. The third kappa shape index (κ3) is 5.17. The molecule has 27 heavy (non-hydrogen) atoms. The van der Waals surface area contributed by atoms with Gasteiger partial charge in [-0.25, -0.2) is 12.7 Å². The molecule has 0 aromatic heterocycles. The molecular weight excluding hydrogens is 366 g/mol.